The Morgan fingerprint density at radius 3 is 2.55 bits per heavy atom. The molecule has 1 N–H and O–H groups in total. The van der Waals surface area contributed by atoms with Crippen molar-refractivity contribution in [3.05, 3.63) is 105 Å². The lowest BCUT2D eigenvalue weighted by molar-refractivity contribution is 0.0955. The maximum atomic E-state index is 13.1. The number of fused-ring (bicyclic) bond motifs is 1. The maximum absolute atomic E-state index is 13.1. The second-order valence-electron chi connectivity index (χ2n) is 7.21. The van der Waals surface area contributed by atoms with Crippen LogP contribution < -0.4 is 14.9 Å². The molecule has 0 heterocycles. The first-order valence-corrected chi connectivity index (χ1v) is 11.2. The van der Waals surface area contributed by atoms with E-state index in [9.17, 15) is 9.18 Å². The van der Waals surface area contributed by atoms with Crippen molar-refractivity contribution in [2.45, 2.75) is 6.61 Å². The summed E-state index contributed by atoms with van der Waals surface area (Å²) in [4.78, 5) is 12.5. The van der Waals surface area contributed by atoms with E-state index in [1.54, 1.807) is 37.6 Å². The molecule has 0 unspecified atom stereocenters. The van der Waals surface area contributed by atoms with Gasteiger partial charge in [0.1, 0.15) is 12.4 Å². The van der Waals surface area contributed by atoms with E-state index in [-0.39, 0.29) is 18.3 Å². The Morgan fingerprint density at radius 2 is 1.79 bits per heavy atom. The van der Waals surface area contributed by atoms with E-state index in [4.69, 9.17) is 9.47 Å². The SMILES string of the molecule is COc1cc(/C=N\NC(=O)c2ccc3ccccc3c2)cc(I)c1OCc1ccc(F)cc1. The molecule has 0 fully saturated rings. The summed E-state index contributed by atoms with van der Waals surface area (Å²) in [5, 5.41) is 6.15. The van der Waals surface area contributed by atoms with Crippen molar-refractivity contribution in [1.82, 2.24) is 5.43 Å². The molecule has 0 aliphatic rings. The van der Waals surface area contributed by atoms with Gasteiger partial charge in [0.25, 0.3) is 5.91 Å². The van der Waals surface area contributed by atoms with Gasteiger partial charge >= 0.3 is 0 Å². The molecule has 0 atom stereocenters. The Kier molecular flexibility index (Phi) is 7.19. The lowest BCUT2D eigenvalue weighted by Gasteiger charge is -2.13. The molecule has 4 aromatic rings. The van der Waals surface area contributed by atoms with Crippen LogP contribution in [0.5, 0.6) is 11.5 Å². The zero-order chi connectivity index (χ0) is 23.2. The average Bonchev–Trinajstić information content (AvgIpc) is 2.83. The number of benzene rings is 4. The van der Waals surface area contributed by atoms with Gasteiger partial charge in [0.2, 0.25) is 0 Å². The van der Waals surface area contributed by atoms with Gasteiger partial charge in [-0.1, -0.05) is 42.5 Å². The van der Waals surface area contributed by atoms with Crippen molar-refractivity contribution >= 4 is 45.5 Å². The van der Waals surface area contributed by atoms with Crippen molar-refractivity contribution in [1.29, 1.82) is 0 Å². The third-order valence-electron chi connectivity index (χ3n) is 4.94. The summed E-state index contributed by atoms with van der Waals surface area (Å²) in [5.74, 6) is 0.534. The van der Waals surface area contributed by atoms with Crippen LogP contribution in [-0.4, -0.2) is 19.2 Å². The highest BCUT2D eigenvalue weighted by molar-refractivity contribution is 14.1. The van der Waals surface area contributed by atoms with Gasteiger partial charge in [-0.3, -0.25) is 4.79 Å². The number of amides is 1. The van der Waals surface area contributed by atoms with E-state index >= 15 is 0 Å². The van der Waals surface area contributed by atoms with Crippen molar-refractivity contribution in [2.24, 2.45) is 5.10 Å². The number of nitrogens with zero attached hydrogens (tertiary/aromatic N) is 1. The molecule has 0 radical (unpaired) electrons. The molecule has 0 saturated heterocycles. The third kappa shape index (κ3) is 5.67. The molecule has 166 valence electrons. The fourth-order valence-electron chi connectivity index (χ4n) is 3.25. The van der Waals surface area contributed by atoms with Gasteiger partial charge in [-0.05, 0) is 80.9 Å². The number of nitrogens with one attached hydrogen (secondary N) is 1. The number of methoxy groups -OCH3 is 1. The van der Waals surface area contributed by atoms with Gasteiger partial charge in [0.05, 0.1) is 16.9 Å². The summed E-state index contributed by atoms with van der Waals surface area (Å²) in [6.07, 6.45) is 1.55. The summed E-state index contributed by atoms with van der Waals surface area (Å²) in [7, 11) is 1.55. The molecule has 0 aromatic heterocycles. The van der Waals surface area contributed by atoms with Crippen LogP contribution in [0.1, 0.15) is 21.5 Å². The molecule has 4 aromatic carbocycles. The zero-order valence-electron chi connectivity index (χ0n) is 17.7. The van der Waals surface area contributed by atoms with E-state index in [1.165, 1.54) is 12.1 Å². The minimum absolute atomic E-state index is 0.280. The van der Waals surface area contributed by atoms with E-state index < -0.39 is 0 Å². The molecule has 0 bridgehead atoms. The molecule has 4 rings (SSSR count). The molecule has 0 spiro atoms. The minimum Gasteiger partial charge on any atom is -0.493 e. The number of hydrogen-bond donors (Lipinski definition) is 1. The fraction of sp³-hybridized carbons (Fsp3) is 0.0769. The van der Waals surface area contributed by atoms with Crippen LogP contribution in [0.4, 0.5) is 4.39 Å². The van der Waals surface area contributed by atoms with E-state index in [2.05, 4.69) is 33.1 Å². The second kappa shape index (κ2) is 10.4. The highest BCUT2D eigenvalue weighted by atomic mass is 127. The molecule has 0 saturated carbocycles. The number of hydrazone groups is 1. The Hall–Kier alpha value is -3.46. The average molecular weight is 554 g/mol. The highest BCUT2D eigenvalue weighted by Gasteiger charge is 2.12. The zero-order valence-corrected chi connectivity index (χ0v) is 19.9. The molecule has 0 aliphatic carbocycles. The van der Waals surface area contributed by atoms with Gasteiger partial charge in [-0.15, -0.1) is 0 Å². The predicted molar refractivity (Wildman–Crippen MR) is 135 cm³/mol. The van der Waals surface area contributed by atoms with Crippen molar-refractivity contribution in [2.75, 3.05) is 7.11 Å². The molecular weight excluding hydrogens is 534 g/mol. The van der Waals surface area contributed by atoms with Gasteiger partial charge in [-0.25, -0.2) is 9.82 Å². The van der Waals surface area contributed by atoms with Gasteiger partial charge in [0.15, 0.2) is 11.5 Å². The number of rotatable bonds is 7. The van der Waals surface area contributed by atoms with Gasteiger partial charge < -0.3 is 9.47 Å². The first-order valence-electron chi connectivity index (χ1n) is 10.1. The maximum Gasteiger partial charge on any atom is 0.271 e. The van der Waals surface area contributed by atoms with Crippen LogP contribution in [0.25, 0.3) is 10.8 Å². The molecule has 7 heteroatoms. The largest absolute Gasteiger partial charge is 0.493 e. The van der Waals surface area contributed by atoms with Gasteiger partial charge in [0, 0.05) is 5.56 Å². The standard InChI is InChI=1S/C26H20FIN2O3/c1-32-24-13-18(12-23(28)25(24)33-16-17-6-10-22(27)11-7-17)15-29-30-26(31)21-9-8-19-4-2-3-5-20(19)14-21/h2-15H,16H2,1H3,(H,30,31)/b29-15-. The first-order chi connectivity index (χ1) is 16.0. The Labute approximate surface area is 204 Å². The number of carbonyl (C=O) groups excluding carboxylic acids is 1. The number of halogens is 2. The number of hydrogen-bond acceptors (Lipinski definition) is 4. The summed E-state index contributed by atoms with van der Waals surface area (Å²) < 4.78 is 25.3. The topological polar surface area (TPSA) is 59.9 Å². The Bertz CT molecular complexity index is 1320. The lowest BCUT2D eigenvalue weighted by atomic mass is 10.1. The minimum atomic E-state index is -0.294. The summed E-state index contributed by atoms with van der Waals surface area (Å²) in [5.41, 5.74) is 4.67. The quantitative estimate of drug-likeness (QED) is 0.175. The lowest BCUT2D eigenvalue weighted by Crippen LogP contribution is -2.17. The van der Waals surface area contributed by atoms with Crippen LogP contribution in [0.15, 0.2) is 84.0 Å². The van der Waals surface area contributed by atoms with Crippen molar-refractivity contribution in [3.63, 3.8) is 0 Å². The normalized spacial score (nSPS) is 11.0. The van der Waals surface area contributed by atoms with Gasteiger partial charge in [-0.2, -0.15) is 5.10 Å². The summed E-state index contributed by atoms with van der Waals surface area (Å²) in [6, 6.07) is 23.1. The monoisotopic (exact) mass is 554 g/mol. The van der Waals surface area contributed by atoms with Crippen LogP contribution in [0, 0.1) is 9.39 Å². The second-order valence-corrected chi connectivity index (χ2v) is 8.37. The van der Waals surface area contributed by atoms with Crippen LogP contribution in [0.2, 0.25) is 0 Å². The van der Waals surface area contributed by atoms with E-state index in [0.717, 1.165) is 25.5 Å². The third-order valence-corrected chi connectivity index (χ3v) is 5.74. The summed E-state index contributed by atoms with van der Waals surface area (Å²) in [6.45, 7) is 0.280. The van der Waals surface area contributed by atoms with E-state index in [0.29, 0.717) is 17.1 Å². The molecule has 1 amide bonds. The van der Waals surface area contributed by atoms with Crippen LogP contribution >= 0.6 is 22.6 Å². The first kappa shape index (κ1) is 22.7. The van der Waals surface area contributed by atoms with Crippen molar-refractivity contribution < 1.29 is 18.7 Å². The fourth-order valence-corrected chi connectivity index (χ4v) is 4.03. The summed E-state index contributed by atoms with van der Waals surface area (Å²) >= 11 is 2.15. The molecule has 5 nitrogen and oxygen atoms in total. The Balaban J connectivity index is 1.44. The molecule has 0 aliphatic heterocycles. The highest BCUT2D eigenvalue weighted by Crippen LogP contribution is 2.34. The molecular formula is C26H20FIN2O3. The van der Waals surface area contributed by atoms with E-state index in [1.807, 2.05) is 42.5 Å². The smallest absolute Gasteiger partial charge is 0.271 e. The van der Waals surface area contributed by atoms with Crippen LogP contribution in [0.3, 0.4) is 0 Å². The van der Waals surface area contributed by atoms with Crippen molar-refractivity contribution in [3.8, 4) is 11.5 Å². The number of carbonyl (C=O) groups is 1. The number of ether oxygens (including phenoxy) is 2. The predicted octanol–water partition coefficient (Wildman–Crippen LogP) is 5.94. The Morgan fingerprint density at radius 1 is 1.03 bits per heavy atom. The molecule has 33 heavy (non-hydrogen) atoms. The van der Waals surface area contributed by atoms with Crippen LogP contribution in [-0.2, 0) is 6.61 Å².